The first-order chi connectivity index (χ1) is 16.4. The van der Waals surface area contributed by atoms with Crippen LogP contribution in [0.15, 0.2) is 41.2 Å². The molecule has 2 N–H and O–H groups in total. The van der Waals surface area contributed by atoms with Gasteiger partial charge in [0, 0.05) is 44.9 Å². The van der Waals surface area contributed by atoms with E-state index in [4.69, 9.17) is 23.2 Å². The molecule has 0 unspecified atom stereocenters. The summed E-state index contributed by atoms with van der Waals surface area (Å²) >= 11 is 12.6. The van der Waals surface area contributed by atoms with Crippen LogP contribution in [-0.2, 0) is 22.0 Å². The number of amides is 2. The summed E-state index contributed by atoms with van der Waals surface area (Å²) in [6.45, 7) is 1.56. The van der Waals surface area contributed by atoms with Crippen LogP contribution in [0.3, 0.4) is 0 Å². The molecule has 0 radical (unpaired) electrons. The van der Waals surface area contributed by atoms with Gasteiger partial charge in [0.05, 0.1) is 33.8 Å². The zero-order valence-corrected chi connectivity index (χ0v) is 21.0. The number of halogens is 2. The maximum absolute atomic E-state index is 12.7. The van der Waals surface area contributed by atoms with Crippen LogP contribution < -0.4 is 10.6 Å². The zero-order chi connectivity index (χ0) is 24.2. The van der Waals surface area contributed by atoms with Crippen molar-refractivity contribution in [3.63, 3.8) is 0 Å². The average Bonchev–Trinajstić information content (AvgIpc) is 3.45. The number of carbonyl (C=O) groups is 2. The van der Waals surface area contributed by atoms with Gasteiger partial charge in [-0.2, -0.15) is 10.2 Å². The average molecular weight is 523 g/mol. The van der Waals surface area contributed by atoms with E-state index >= 15 is 0 Å². The largest absolute Gasteiger partial charge is 0.354 e. The Bertz CT molecular complexity index is 1230. The van der Waals surface area contributed by atoms with Crippen molar-refractivity contribution in [1.82, 2.24) is 29.8 Å². The number of hydrogen-bond acceptors (Lipinski definition) is 6. The Labute approximate surface area is 209 Å². The predicted octanol–water partition coefficient (Wildman–Crippen LogP) is 2.75. The third kappa shape index (κ3) is 5.26. The highest BCUT2D eigenvalue weighted by Gasteiger charge is 2.21. The van der Waals surface area contributed by atoms with Crippen molar-refractivity contribution in [3.8, 4) is 5.69 Å². The molecule has 1 saturated heterocycles. The molecule has 0 bridgehead atoms. The molecular weight excluding hydrogens is 499 g/mol. The molecule has 0 saturated carbocycles. The van der Waals surface area contributed by atoms with Crippen LogP contribution in [0, 0.1) is 0 Å². The van der Waals surface area contributed by atoms with E-state index in [-0.39, 0.29) is 34.7 Å². The zero-order valence-electron chi connectivity index (χ0n) is 18.7. The fraction of sp³-hybridized carbons (Fsp3) is 0.333. The minimum Gasteiger partial charge on any atom is -0.354 e. The van der Waals surface area contributed by atoms with Gasteiger partial charge in [-0.15, -0.1) is 0 Å². The Kier molecular flexibility index (Phi) is 7.54. The molecule has 3 heterocycles. The minimum atomic E-state index is -0.380. The summed E-state index contributed by atoms with van der Waals surface area (Å²) in [7, 11) is 3.42. The molecule has 1 aliphatic heterocycles. The predicted molar refractivity (Wildman–Crippen MR) is 135 cm³/mol. The van der Waals surface area contributed by atoms with Gasteiger partial charge >= 0.3 is 0 Å². The molecule has 0 spiro atoms. The highest BCUT2D eigenvalue weighted by Crippen LogP contribution is 2.30. The molecule has 10 nitrogen and oxygen atoms in total. The van der Waals surface area contributed by atoms with E-state index in [0.29, 0.717) is 40.2 Å². The fourth-order valence-electron chi connectivity index (χ4n) is 3.56. The minimum absolute atomic E-state index is 0.0150. The van der Waals surface area contributed by atoms with Crippen molar-refractivity contribution in [2.45, 2.75) is 6.54 Å². The Balaban J connectivity index is 1.51. The summed E-state index contributed by atoms with van der Waals surface area (Å²) < 4.78 is 7.36. The van der Waals surface area contributed by atoms with Gasteiger partial charge in [-0.1, -0.05) is 40.0 Å². The Morgan fingerprint density at radius 3 is 2.53 bits per heavy atom. The van der Waals surface area contributed by atoms with Gasteiger partial charge in [0.2, 0.25) is 5.91 Å². The molecular formula is C21H24Cl2N8O2S. The Hall–Kier alpha value is -2.89. The van der Waals surface area contributed by atoms with Crippen molar-refractivity contribution >= 4 is 57.1 Å². The lowest BCUT2D eigenvalue weighted by Crippen LogP contribution is -2.43. The van der Waals surface area contributed by atoms with Gasteiger partial charge < -0.3 is 15.5 Å². The van der Waals surface area contributed by atoms with Gasteiger partial charge in [0.15, 0.2) is 5.69 Å². The number of nitrogens with one attached hydrogen (secondary N) is 2. The van der Waals surface area contributed by atoms with E-state index < -0.39 is 0 Å². The van der Waals surface area contributed by atoms with Crippen molar-refractivity contribution in [2.75, 3.05) is 44.0 Å². The van der Waals surface area contributed by atoms with E-state index in [1.54, 1.807) is 41.5 Å². The molecule has 2 aromatic heterocycles. The topological polar surface area (TPSA) is 109 Å². The molecule has 180 valence electrons. The highest BCUT2D eigenvalue weighted by molar-refractivity contribution is 7.87. The molecule has 4 rings (SSSR count). The molecule has 1 aliphatic rings. The summed E-state index contributed by atoms with van der Waals surface area (Å²) in [5.41, 5.74) is 1.67. The van der Waals surface area contributed by atoms with Gasteiger partial charge in [0.1, 0.15) is 12.2 Å². The summed E-state index contributed by atoms with van der Waals surface area (Å²) in [5.74, 6) is 1.46. The lowest BCUT2D eigenvalue weighted by atomic mass is 10.3. The molecule has 0 aliphatic carbocycles. The molecule has 13 heteroatoms. The molecule has 0 atom stereocenters. The van der Waals surface area contributed by atoms with Gasteiger partial charge in [-0.25, -0.2) is 4.68 Å². The maximum atomic E-state index is 12.7. The van der Waals surface area contributed by atoms with E-state index in [9.17, 15) is 9.59 Å². The number of aromatic nitrogens is 4. The lowest BCUT2D eigenvalue weighted by Gasteiger charge is -2.28. The van der Waals surface area contributed by atoms with E-state index in [1.165, 1.54) is 11.7 Å². The monoisotopic (exact) mass is 522 g/mol. The van der Waals surface area contributed by atoms with E-state index in [2.05, 4.69) is 25.2 Å². The number of benzene rings is 1. The smallest absolute Gasteiger partial charge is 0.273 e. The first-order valence-electron chi connectivity index (χ1n) is 10.5. The number of hydrogen-bond donors (Lipinski definition) is 2. The number of anilines is 2. The third-order valence-corrected chi connectivity index (χ3v) is 7.77. The summed E-state index contributed by atoms with van der Waals surface area (Å²) in [5, 5.41) is 15.2. The third-order valence-electron chi connectivity index (χ3n) is 5.34. The van der Waals surface area contributed by atoms with Crippen LogP contribution in [-0.4, -0.2) is 75.0 Å². The van der Waals surface area contributed by atoms with Crippen molar-refractivity contribution in [3.05, 3.63) is 52.5 Å². The second-order valence-corrected chi connectivity index (χ2v) is 10.4. The van der Waals surface area contributed by atoms with Crippen LogP contribution in [0.4, 0.5) is 11.4 Å². The lowest BCUT2D eigenvalue weighted by molar-refractivity contribution is -0.131. The second kappa shape index (κ2) is 10.6. The fourth-order valence-corrected chi connectivity index (χ4v) is 5.56. The highest BCUT2D eigenvalue weighted by atomic mass is 35.5. The summed E-state index contributed by atoms with van der Waals surface area (Å²) in [6, 6.07) is 5.12. The summed E-state index contributed by atoms with van der Waals surface area (Å²) in [6.07, 6.45) is 4.93. The number of nitrogens with zero attached hydrogens (tertiary/aromatic N) is 6. The Morgan fingerprint density at radius 1 is 1.18 bits per heavy atom. The number of rotatable bonds is 6. The summed E-state index contributed by atoms with van der Waals surface area (Å²) in [4.78, 5) is 27.0. The Morgan fingerprint density at radius 2 is 1.88 bits per heavy atom. The van der Waals surface area contributed by atoms with Gasteiger partial charge in [-0.05, 0) is 12.1 Å². The van der Waals surface area contributed by atoms with Crippen molar-refractivity contribution in [1.29, 1.82) is 0 Å². The maximum Gasteiger partial charge on any atom is 0.273 e. The van der Waals surface area contributed by atoms with Crippen LogP contribution in [0.25, 0.3) is 5.69 Å². The molecule has 34 heavy (non-hydrogen) atoms. The SMILES string of the molecule is CN=S1CCN(C(=O)Cn2cc(Nc3cn(-c4c(Cl)cccc4Cl)nc3C(=O)NC)cn2)CC1. The molecule has 1 fully saturated rings. The standard InChI is InChI=1S/C21H24Cl2N8O2S/c1-24-21(33)19-17(12-31(28-19)20-15(22)4-3-5-16(20)23)27-14-10-26-30(11-14)13-18(32)29-6-8-34(25-2)9-7-29/h3-5,10-12,27H,6-9,13H2,1-2H3,(H,24,33). The van der Waals surface area contributed by atoms with Crippen LogP contribution in [0.5, 0.6) is 0 Å². The number of para-hydroxylation sites is 1. The van der Waals surface area contributed by atoms with Crippen LogP contribution in [0.2, 0.25) is 10.0 Å². The van der Waals surface area contributed by atoms with Crippen molar-refractivity contribution < 1.29 is 9.59 Å². The van der Waals surface area contributed by atoms with Crippen LogP contribution in [0.1, 0.15) is 10.5 Å². The van der Waals surface area contributed by atoms with E-state index in [1.807, 2.05) is 11.9 Å². The normalized spacial score (nSPS) is 14.2. The van der Waals surface area contributed by atoms with E-state index in [0.717, 1.165) is 11.5 Å². The number of carbonyl (C=O) groups excluding carboxylic acids is 2. The van der Waals surface area contributed by atoms with Crippen molar-refractivity contribution in [2.24, 2.45) is 4.36 Å². The van der Waals surface area contributed by atoms with Gasteiger partial charge in [0.25, 0.3) is 5.91 Å². The quantitative estimate of drug-likeness (QED) is 0.517. The second-order valence-electron chi connectivity index (χ2n) is 7.47. The van der Waals surface area contributed by atoms with Crippen LogP contribution >= 0.6 is 23.2 Å². The first-order valence-corrected chi connectivity index (χ1v) is 12.8. The molecule has 2 amide bonds. The molecule has 3 aromatic rings. The van der Waals surface area contributed by atoms with Gasteiger partial charge in [-0.3, -0.25) is 18.6 Å². The molecule has 1 aromatic carbocycles. The first kappa shape index (κ1) is 24.2.